The lowest BCUT2D eigenvalue weighted by Crippen LogP contribution is -2.57. The van der Waals surface area contributed by atoms with Gasteiger partial charge in [-0.15, -0.1) is 0 Å². The molecule has 1 aliphatic heterocycles. The van der Waals surface area contributed by atoms with E-state index in [9.17, 15) is 14.0 Å². The number of carbonyl (C=O) groups excluding carboxylic acids is 2. The van der Waals surface area contributed by atoms with Crippen molar-refractivity contribution in [1.82, 2.24) is 9.80 Å². The van der Waals surface area contributed by atoms with Crippen LogP contribution in [0.4, 0.5) is 4.39 Å². The zero-order valence-corrected chi connectivity index (χ0v) is 14.7. The molecule has 1 unspecified atom stereocenters. The number of amides is 2. The van der Waals surface area contributed by atoms with E-state index in [2.05, 4.69) is 0 Å². The van der Waals surface area contributed by atoms with E-state index in [1.54, 1.807) is 22.8 Å². The normalized spacial score (nSPS) is 16.9. The number of nitrogens with two attached hydrogens (primary N) is 1. The van der Waals surface area contributed by atoms with Gasteiger partial charge in [-0.25, -0.2) is 4.39 Å². The first-order chi connectivity index (χ1) is 12.4. The molecule has 1 atom stereocenters. The minimum absolute atomic E-state index is 0.165. The van der Waals surface area contributed by atoms with E-state index < -0.39 is 11.4 Å². The number of rotatable bonds is 3. The fraction of sp³-hybridized carbons (Fsp3) is 0.300. The van der Waals surface area contributed by atoms with Crippen LogP contribution in [0.2, 0.25) is 0 Å². The number of hydrogen-bond acceptors (Lipinski definition) is 3. The van der Waals surface area contributed by atoms with Gasteiger partial charge in [-0.1, -0.05) is 36.4 Å². The van der Waals surface area contributed by atoms with Gasteiger partial charge >= 0.3 is 0 Å². The lowest BCUT2D eigenvalue weighted by molar-refractivity contribution is -0.138. The Bertz CT molecular complexity index is 800. The van der Waals surface area contributed by atoms with E-state index in [4.69, 9.17) is 5.73 Å². The molecule has 5 nitrogen and oxygen atoms in total. The van der Waals surface area contributed by atoms with Crippen molar-refractivity contribution in [2.75, 3.05) is 26.2 Å². The van der Waals surface area contributed by atoms with Gasteiger partial charge in [0.1, 0.15) is 11.4 Å². The highest BCUT2D eigenvalue weighted by Crippen LogP contribution is 2.21. The highest BCUT2D eigenvalue weighted by molar-refractivity contribution is 5.94. The highest BCUT2D eigenvalue weighted by Gasteiger charge is 2.36. The Kier molecular flexibility index (Phi) is 5.04. The van der Waals surface area contributed by atoms with Crippen molar-refractivity contribution < 1.29 is 14.0 Å². The lowest BCUT2D eigenvalue weighted by atomic mass is 9.91. The van der Waals surface area contributed by atoms with E-state index in [0.717, 1.165) is 5.56 Å². The molecule has 1 aliphatic rings. The van der Waals surface area contributed by atoms with E-state index >= 15 is 0 Å². The molecule has 0 spiro atoms. The van der Waals surface area contributed by atoms with Crippen LogP contribution in [0, 0.1) is 5.82 Å². The Morgan fingerprint density at radius 1 is 0.962 bits per heavy atom. The molecule has 0 saturated carbocycles. The summed E-state index contributed by atoms with van der Waals surface area (Å²) in [6.07, 6.45) is 0. The number of nitrogens with zero attached hydrogens (tertiary/aromatic N) is 2. The van der Waals surface area contributed by atoms with Crippen LogP contribution >= 0.6 is 0 Å². The van der Waals surface area contributed by atoms with Crippen molar-refractivity contribution >= 4 is 11.8 Å². The number of piperazine rings is 1. The van der Waals surface area contributed by atoms with Crippen molar-refractivity contribution in [3.05, 3.63) is 71.5 Å². The molecule has 2 aromatic rings. The molecule has 26 heavy (non-hydrogen) atoms. The molecular formula is C20H22FN3O2. The second kappa shape index (κ2) is 7.25. The van der Waals surface area contributed by atoms with Crippen LogP contribution in [-0.4, -0.2) is 47.8 Å². The molecule has 2 amide bonds. The first-order valence-electron chi connectivity index (χ1n) is 8.58. The number of benzene rings is 2. The van der Waals surface area contributed by atoms with Crippen molar-refractivity contribution in [1.29, 1.82) is 0 Å². The van der Waals surface area contributed by atoms with Crippen molar-refractivity contribution in [3.63, 3.8) is 0 Å². The quantitative estimate of drug-likeness (QED) is 0.916. The minimum Gasteiger partial charge on any atom is -0.337 e. The summed E-state index contributed by atoms with van der Waals surface area (Å²) in [6, 6.07) is 14.9. The molecular weight excluding hydrogens is 333 g/mol. The van der Waals surface area contributed by atoms with Crippen LogP contribution in [0.1, 0.15) is 22.8 Å². The van der Waals surface area contributed by atoms with E-state index in [-0.39, 0.29) is 11.8 Å². The topological polar surface area (TPSA) is 66.6 Å². The van der Waals surface area contributed by atoms with Crippen molar-refractivity contribution in [2.45, 2.75) is 12.5 Å². The van der Waals surface area contributed by atoms with Crippen LogP contribution in [0.3, 0.4) is 0 Å². The second-order valence-electron chi connectivity index (χ2n) is 6.66. The summed E-state index contributed by atoms with van der Waals surface area (Å²) in [5.74, 6) is -0.830. The van der Waals surface area contributed by atoms with E-state index in [0.29, 0.717) is 31.7 Å². The summed E-state index contributed by atoms with van der Waals surface area (Å²) in [5.41, 5.74) is 6.26. The maximum atomic E-state index is 13.3. The van der Waals surface area contributed by atoms with Gasteiger partial charge in [-0.2, -0.15) is 0 Å². The number of carbonyl (C=O) groups is 2. The van der Waals surface area contributed by atoms with Crippen molar-refractivity contribution in [3.8, 4) is 0 Å². The Morgan fingerprint density at radius 2 is 1.58 bits per heavy atom. The number of hydrogen-bond donors (Lipinski definition) is 1. The fourth-order valence-corrected chi connectivity index (χ4v) is 3.15. The zero-order chi connectivity index (χ0) is 18.7. The van der Waals surface area contributed by atoms with Gasteiger partial charge < -0.3 is 15.5 Å². The van der Waals surface area contributed by atoms with Gasteiger partial charge in [0.2, 0.25) is 5.91 Å². The van der Waals surface area contributed by atoms with Gasteiger partial charge in [-0.05, 0) is 30.7 Å². The monoisotopic (exact) mass is 355 g/mol. The molecule has 2 N–H and O–H groups in total. The third-order valence-electron chi connectivity index (χ3n) is 4.74. The third kappa shape index (κ3) is 3.60. The smallest absolute Gasteiger partial charge is 0.254 e. The van der Waals surface area contributed by atoms with Crippen LogP contribution in [0.5, 0.6) is 0 Å². The van der Waals surface area contributed by atoms with Crippen LogP contribution in [-0.2, 0) is 10.3 Å². The molecule has 0 bridgehead atoms. The Hall–Kier alpha value is -2.73. The van der Waals surface area contributed by atoms with E-state index in [1.165, 1.54) is 18.2 Å². The predicted octanol–water partition coefficient (Wildman–Crippen LogP) is 1.98. The minimum atomic E-state index is -1.12. The molecule has 1 saturated heterocycles. The summed E-state index contributed by atoms with van der Waals surface area (Å²) in [5, 5.41) is 0. The van der Waals surface area contributed by atoms with E-state index in [1.807, 2.05) is 30.3 Å². The largest absolute Gasteiger partial charge is 0.337 e. The molecule has 136 valence electrons. The highest BCUT2D eigenvalue weighted by atomic mass is 19.1. The van der Waals surface area contributed by atoms with Crippen molar-refractivity contribution in [2.24, 2.45) is 5.73 Å². The molecule has 6 heteroatoms. The maximum absolute atomic E-state index is 13.3. The predicted molar refractivity (Wildman–Crippen MR) is 96.9 cm³/mol. The van der Waals surface area contributed by atoms with Crippen LogP contribution in [0.15, 0.2) is 54.6 Å². The molecule has 0 radical (unpaired) electrons. The van der Waals surface area contributed by atoms with Gasteiger partial charge in [0.05, 0.1) is 0 Å². The lowest BCUT2D eigenvalue weighted by Gasteiger charge is -2.38. The molecule has 2 aromatic carbocycles. The average molecular weight is 355 g/mol. The maximum Gasteiger partial charge on any atom is 0.254 e. The van der Waals surface area contributed by atoms with Gasteiger partial charge in [0.15, 0.2) is 0 Å². The second-order valence-corrected chi connectivity index (χ2v) is 6.66. The summed E-state index contributed by atoms with van der Waals surface area (Å²) in [7, 11) is 0. The summed E-state index contributed by atoms with van der Waals surface area (Å²) >= 11 is 0. The number of halogens is 1. The average Bonchev–Trinajstić information content (AvgIpc) is 2.67. The van der Waals surface area contributed by atoms with Gasteiger partial charge in [0.25, 0.3) is 5.91 Å². The summed E-state index contributed by atoms with van der Waals surface area (Å²) in [6.45, 7) is 3.30. The fourth-order valence-electron chi connectivity index (χ4n) is 3.15. The first kappa shape index (κ1) is 18.1. The molecule has 3 rings (SSSR count). The Morgan fingerprint density at radius 3 is 2.19 bits per heavy atom. The van der Waals surface area contributed by atoms with Crippen LogP contribution in [0.25, 0.3) is 0 Å². The first-order valence-corrected chi connectivity index (χ1v) is 8.58. The Labute approximate surface area is 152 Å². The zero-order valence-electron chi connectivity index (χ0n) is 14.7. The summed E-state index contributed by atoms with van der Waals surface area (Å²) < 4.78 is 13.3. The molecule has 0 aliphatic carbocycles. The third-order valence-corrected chi connectivity index (χ3v) is 4.74. The SMILES string of the molecule is CC(N)(C(=O)N1CCN(C(=O)c2cccc(F)c2)CC1)c1ccccc1. The standard InChI is InChI=1S/C20H22FN3O2/c1-20(22,16-7-3-2-4-8-16)19(26)24-12-10-23(11-13-24)18(25)15-6-5-9-17(21)14-15/h2-9,14H,10-13,22H2,1H3. The molecule has 1 fully saturated rings. The Balaban J connectivity index is 1.65. The molecule has 1 heterocycles. The summed E-state index contributed by atoms with van der Waals surface area (Å²) in [4.78, 5) is 28.7. The molecule has 0 aromatic heterocycles. The van der Waals surface area contributed by atoms with Gasteiger partial charge in [-0.3, -0.25) is 9.59 Å². The van der Waals surface area contributed by atoms with Gasteiger partial charge in [0, 0.05) is 31.7 Å². The van der Waals surface area contributed by atoms with Crippen LogP contribution < -0.4 is 5.73 Å².